The summed E-state index contributed by atoms with van der Waals surface area (Å²) in [5, 5.41) is 8.91. The summed E-state index contributed by atoms with van der Waals surface area (Å²) in [5.74, 6) is -0.420. The van der Waals surface area contributed by atoms with E-state index in [4.69, 9.17) is 0 Å². The molecule has 1 N–H and O–H groups in total. The van der Waals surface area contributed by atoms with Crippen molar-refractivity contribution in [3.63, 3.8) is 0 Å². The van der Waals surface area contributed by atoms with Gasteiger partial charge in [0.2, 0.25) is 5.13 Å². The largest absolute Gasteiger partial charge is 0.333 e. The maximum absolute atomic E-state index is 12.4. The molecule has 2 aromatic heterocycles. The molecule has 6 nitrogen and oxygen atoms in total. The van der Waals surface area contributed by atoms with Crippen molar-refractivity contribution in [3.8, 4) is 0 Å². The smallest absolute Gasteiger partial charge is 0.291 e. The van der Waals surface area contributed by atoms with Gasteiger partial charge in [0.05, 0.1) is 6.33 Å². The van der Waals surface area contributed by atoms with Crippen LogP contribution < -0.4 is 5.32 Å². The molecule has 0 unspecified atom stereocenters. The SMILES string of the molecule is O=C(Nc1nnc(C(F)F)s1)c1ccc(Cn2ccnc2)cc1. The Bertz CT molecular complexity index is 786. The summed E-state index contributed by atoms with van der Waals surface area (Å²) in [7, 11) is 0. The number of anilines is 1. The first-order valence-corrected chi connectivity index (χ1v) is 7.41. The fraction of sp³-hybridized carbons (Fsp3) is 0.143. The van der Waals surface area contributed by atoms with E-state index in [1.807, 2.05) is 22.9 Å². The number of carbonyl (C=O) groups excluding carboxylic acids is 1. The molecule has 1 amide bonds. The Kier molecular flexibility index (Phi) is 4.38. The van der Waals surface area contributed by atoms with Gasteiger partial charge in [-0.2, -0.15) is 0 Å². The summed E-state index contributed by atoms with van der Waals surface area (Å²) < 4.78 is 26.8. The van der Waals surface area contributed by atoms with Crippen LogP contribution in [0, 0.1) is 0 Å². The van der Waals surface area contributed by atoms with Gasteiger partial charge in [0.1, 0.15) is 0 Å². The Balaban J connectivity index is 1.65. The van der Waals surface area contributed by atoms with Crippen molar-refractivity contribution >= 4 is 22.4 Å². The molecule has 0 radical (unpaired) electrons. The molecule has 3 rings (SSSR count). The van der Waals surface area contributed by atoms with Gasteiger partial charge in [-0.15, -0.1) is 10.2 Å². The number of amides is 1. The lowest BCUT2D eigenvalue weighted by Crippen LogP contribution is -2.11. The first kappa shape index (κ1) is 15.2. The van der Waals surface area contributed by atoms with Gasteiger partial charge in [0.25, 0.3) is 12.3 Å². The van der Waals surface area contributed by atoms with Crippen molar-refractivity contribution in [3.05, 3.63) is 59.1 Å². The highest BCUT2D eigenvalue weighted by Crippen LogP contribution is 2.25. The van der Waals surface area contributed by atoms with Gasteiger partial charge < -0.3 is 4.57 Å². The Morgan fingerprint density at radius 1 is 1.26 bits per heavy atom. The molecule has 2 heterocycles. The first-order valence-electron chi connectivity index (χ1n) is 6.59. The van der Waals surface area contributed by atoms with Gasteiger partial charge >= 0.3 is 0 Å². The topological polar surface area (TPSA) is 72.7 Å². The lowest BCUT2D eigenvalue weighted by Gasteiger charge is -2.05. The van der Waals surface area contributed by atoms with E-state index in [-0.39, 0.29) is 5.13 Å². The van der Waals surface area contributed by atoms with E-state index in [0.717, 1.165) is 5.56 Å². The quantitative estimate of drug-likeness (QED) is 0.778. The van der Waals surface area contributed by atoms with Gasteiger partial charge in [-0.1, -0.05) is 23.5 Å². The third-order valence-electron chi connectivity index (χ3n) is 2.99. The molecule has 0 fully saturated rings. The Labute approximate surface area is 133 Å². The van der Waals surface area contributed by atoms with Crippen LogP contribution in [-0.4, -0.2) is 25.7 Å². The summed E-state index contributed by atoms with van der Waals surface area (Å²) in [6.07, 6.45) is 2.55. The van der Waals surface area contributed by atoms with Crippen LogP contribution >= 0.6 is 11.3 Å². The summed E-state index contributed by atoms with van der Waals surface area (Å²) in [4.78, 5) is 16.0. The zero-order valence-corrected chi connectivity index (χ0v) is 12.5. The molecule has 0 aliphatic carbocycles. The molecule has 1 aromatic carbocycles. The third-order valence-corrected chi connectivity index (χ3v) is 3.83. The number of nitrogens with one attached hydrogen (secondary N) is 1. The number of imidazole rings is 1. The van der Waals surface area contributed by atoms with Crippen molar-refractivity contribution in [2.24, 2.45) is 0 Å². The molecule has 0 spiro atoms. The Morgan fingerprint density at radius 3 is 2.65 bits per heavy atom. The molecule has 0 saturated heterocycles. The van der Waals surface area contributed by atoms with Crippen LogP contribution in [0.15, 0.2) is 43.0 Å². The van der Waals surface area contributed by atoms with E-state index in [0.29, 0.717) is 23.4 Å². The van der Waals surface area contributed by atoms with Crippen LogP contribution in [0.25, 0.3) is 0 Å². The zero-order chi connectivity index (χ0) is 16.2. The van der Waals surface area contributed by atoms with Crippen LogP contribution in [0.5, 0.6) is 0 Å². The van der Waals surface area contributed by atoms with Crippen LogP contribution in [0.2, 0.25) is 0 Å². The minimum Gasteiger partial charge on any atom is -0.333 e. The molecule has 23 heavy (non-hydrogen) atoms. The lowest BCUT2D eigenvalue weighted by molar-refractivity contribution is 0.102. The number of rotatable bonds is 5. The first-order chi connectivity index (χ1) is 11.1. The summed E-state index contributed by atoms with van der Waals surface area (Å²) in [6, 6.07) is 6.96. The Hall–Kier alpha value is -2.68. The summed E-state index contributed by atoms with van der Waals surface area (Å²) >= 11 is 0.655. The summed E-state index contributed by atoms with van der Waals surface area (Å²) in [5.41, 5.74) is 1.42. The molecule has 118 valence electrons. The fourth-order valence-electron chi connectivity index (χ4n) is 1.90. The monoisotopic (exact) mass is 335 g/mol. The third kappa shape index (κ3) is 3.75. The van der Waals surface area contributed by atoms with E-state index in [9.17, 15) is 13.6 Å². The number of carbonyl (C=O) groups is 1. The molecule has 3 aromatic rings. The maximum Gasteiger partial charge on any atom is 0.291 e. The number of aromatic nitrogens is 4. The number of benzene rings is 1. The van der Waals surface area contributed by atoms with E-state index < -0.39 is 17.3 Å². The number of halogens is 2. The molecular weight excluding hydrogens is 324 g/mol. The van der Waals surface area contributed by atoms with E-state index in [1.54, 1.807) is 24.7 Å². The van der Waals surface area contributed by atoms with Crippen molar-refractivity contribution in [2.45, 2.75) is 13.0 Å². The Morgan fingerprint density at radius 2 is 2.04 bits per heavy atom. The van der Waals surface area contributed by atoms with Crippen LogP contribution in [0.1, 0.15) is 27.4 Å². The number of hydrogen-bond donors (Lipinski definition) is 1. The second-order valence-corrected chi connectivity index (χ2v) is 5.64. The fourth-order valence-corrected chi connectivity index (χ4v) is 2.49. The van der Waals surface area contributed by atoms with E-state index in [1.165, 1.54) is 0 Å². The molecule has 0 atom stereocenters. The average Bonchev–Trinajstić information content (AvgIpc) is 3.19. The highest BCUT2D eigenvalue weighted by Gasteiger charge is 2.15. The number of hydrogen-bond acceptors (Lipinski definition) is 5. The van der Waals surface area contributed by atoms with Gasteiger partial charge in [-0.3, -0.25) is 10.1 Å². The highest BCUT2D eigenvalue weighted by atomic mass is 32.1. The van der Waals surface area contributed by atoms with Gasteiger partial charge in [0.15, 0.2) is 5.01 Å². The highest BCUT2D eigenvalue weighted by molar-refractivity contribution is 7.15. The normalized spacial score (nSPS) is 10.9. The predicted molar refractivity (Wildman–Crippen MR) is 80.6 cm³/mol. The second-order valence-electron chi connectivity index (χ2n) is 4.63. The van der Waals surface area contributed by atoms with Crippen molar-refractivity contribution < 1.29 is 13.6 Å². The van der Waals surface area contributed by atoms with Crippen molar-refractivity contribution in [1.82, 2.24) is 19.7 Å². The van der Waals surface area contributed by atoms with Gasteiger partial charge in [-0.05, 0) is 17.7 Å². The van der Waals surface area contributed by atoms with Crippen LogP contribution in [-0.2, 0) is 6.54 Å². The zero-order valence-electron chi connectivity index (χ0n) is 11.7. The van der Waals surface area contributed by atoms with Crippen molar-refractivity contribution in [2.75, 3.05) is 5.32 Å². The summed E-state index contributed by atoms with van der Waals surface area (Å²) in [6.45, 7) is 0.649. The van der Waals surface area contributed by atoms with E-state index in [2.05, 4.69) is 20.5 Å². The van der Waals surface area contributed by atoms with Gasteiger partial charge in [-0.25, -0.2) is 13.8 Å². The molecule has 0 aliphatic heterocycles. The van der Waals surface area contributed by atoms with Crippen molar-refractivity contribution in [1.29, 1.82) is 0 Å². The number of alkyl halides is 2. The minimum absolute atomic E-state index is 0.0489. The predicted octanol–water partition coefficient (Wildman–Crippen LogP) is 2.97. The minimum atomic E-state index is -2.69. The number of nitrogens with zero attached hydrogens (tertiary/aromatic N) is 4. The molecule has 0 bridgehead atoms. The molecule has 0 saturated carbocycles. The average molecular weight is 335 g/mol. The maximum atomic E-state index is 12.4. The molecule has 9 heteroatoms. The van der Waals surface area contributed by atoms with Gasteiger partial charge in [0, 0.05) is 24.5 Å². The van der Waals surface area contributed by atoms with Crippen LogP contribution in [0.4, 0.5) is 13.9 Å². The standard InChI is InChI=1S/C14H11F2N5OS/c15-11(16)13-19-20-14(23-13)18-12(22)10-3-1-9(2-4-10)7-21-6-5-17-8-21/h1-6,8,11H,7H2,(H,18,20,22). The second kappa shape index (κ2) is 6.61. The van der Waals surface area contributed by atoms with E-state index >= 15 is 0 Å². The molecular formula is C14H11F2N5OS. The molecule has 0 aliphatic rings. The van der Waals surface area contributed by atoms with Crippen LogP contribution in [0.3, 0.4) is 0 Å². The lowest BCUT2D eigenvalue weighted by atomic mass is 10.1.